The SMILES string of the molecule is COc1ccc(OC)c(-c2csc(NC(=O)C3(N)CCOCC3)n2)c1. The van der Waals surface area contributed by atoms with Gasteiger partial charge >= 0.3 is 0 Å². The van der Waals surface area contributed by atoms with Crippen LogP contribution in [0.25, 0.3) is 11.3 Å². The van der Waals surface area contributed by atoms with Crippen LogP contribution in [0.4, 0.5) is 5.13 Å². The Bertz CT molecular complexity index is 756. The molecule has 0 unspecified atom stereocenters. The zero-order valence-electron chi connectivity index (χ0n) is 14.2. The van der Waals surface area contributed by atoms with E-state index in [9.17, 15) is 4.79 Å². The van der Waals surface area contributed by atoms with Gasteiger partial charge in [0.2, 0.25) is 5.91 Å². The van der Waals surface area contributed by atoms with Crippen molar-refractivity contribution in [3.8, 4) is 22.8 Å². The molecule has 1 saturated heterocycles. The molecule has 1 aromatic heterocycles. The molecule has 1 aliphatic heterocycles. The van der Waals surface area contributed by atoms with Crippen molar-refractivity contribution in [3.05, 3.63) is 23.6 Å². The fraction of sp³-hybridized carbons (Fsp3) is 0.412. The van der Waals surface area contributed by atoms with Crippen LogP contribution < -0.4 is 20.5 Å². The summed E-state index contributed by atoms with van der Waals surface area (Å²) in [6.45, 7) is 0.988. The molecule has 0 atom stereocenters. The van der Waals surface area contributed by atoms with Gasteiger partial charge in [-0.25, -0.2) is 4.98 Å². The monoisotopic (exact) mass is 363 g/mol. The molecule has 0 bridgehead atoms. The average Bonchev–Trinajstić information content (AvgIpc) is 3.10. The minimum atomic E-state index is -0.905. The molecule has 0 saturated carbocycles. The van der Waals surface area contributed by atoms with Gasteiger partial charge in [-0.05, 0) is 31.0 Å². The molecule has 1 aromatic carbocycles. The lowest BCUT2D eigenvalue weighted by molar-refractivity contribution is -0.124. The summed E-state index contributed by atoms with van der Waals surface area (Å²) < 4.78 is 15.9. The maximum atomic E-state index is 12.5. The summed E-state index contributed by atoms with van der Waals surface area (Å²) in [6.07, 6.45) is 1.00. The van der Waals surface area contributed by atoms with E-state index in [4.69, 9.17) is 19.9 Å². The molecule has 1 amide bonds. The van der Waals surface area contributed by atoms with Crippen molar-refractivity contribution in [2.24, 2.45) is 5.73 Å². The van der Waals surface area contributed by atoms with E-state index in [2.05, 4.69) is 10.3 Å². The van der Waals surface area contributed by atoms with Crippen LogP contribution in [0.1, 0.15) is 12.8 Å². The molecule has 2 aromatic rings. The first kappa shape index (κ1) is 17.7. The lowest BCUT2D eigenvalue weighted by Gasteiger charge is -2.31. The fourth-order valence-electron chi connectivity index (χ4n) is 2.65. The van der Waals surface area contributed by atoms with E-state index in [1.807, 2.05) is 23.6 Å². The molecule has 25 heavy (non-hydrogen) atoms. The third-order valence-electron chi connectivity index (χ3n) is 4.24. The molecule has 0 radical (unpaired) electrons. The molecule has 1 aliphatic rings. The highest BCUT2D eigenvalue weighted by atomic mass is 32.1. The van der Waals surface area contributed by atoms with Crippen LogP contribution in [0.3, 0.4) is 0 Å². The standard InChI is InChI=1S/C17H21N3O4S/c1-22-11-3-4-14(23-2)12(9-11)13-10-25-16(19-13)20-15(21)17(18)5-7-24-8-6-17/h3-4,9-10H,5-8,18H2,1-2H3,(H,19,20,21). The quantitative estimate of drug-likeness (QED) is 0.846. The summed E-state index contributed by atoms with van der Waals surface area (Å²) >= 11 is 1.34. The van der Waals surface area contributed by atoms with Crippen LogP contribution in [0.2, 0.25) is 0 Å². The maximum Gasteiger partial charge on any atom is 0.246 e. The maximum absolute atomic E-state index is 12.5. The van der Waals surface area contributed by atoms with Gasteiger partial charge < -0.3 is 25.3 Å². The first-order valence-electron chi connectivity index (χ1n) is 7.92. The predicted octanol–water partition coefficient (Wildman–Crippen LogP) is 2.27. The molecule has 8 heteroatoms. The van der Waals surface area contributed by atoms with Crippen molar-refractivity contribution in [2.75, 3.05) is 32.8 Å². The highest BCUT2D eigenvalue weighted by Gasteiger charge is 2.36. The third-order valence-corrected chi connectivity index (χ3v) is 5.00. The largest absolute Gasteiger partial charge is 0.497 e. The van der Waals surface area contributed by atoms with Gasteiger partial charge in [0.15, 0.2) is 5.13 Å². The van der Waals surface area contributed by atoms with E-state index in [0.717, 1.165) is 5.56 Å². The van der Waals surface area contributed by atoms with E-state index in [0.29, 0.717) is 48.4 Å². The van der Waals surface area contributed by atoms with Gasteiger partial charge in [0, 0.05) is 24.2 Å². The van der Waals surface area contributed by atoms with E-state index in [1.165, 1.54) is 11.3 Å². The molecule has 7 nitrogen and oxygen atoms in total. The molecule has 3 rings (SSSR count). The van der Waals surface area contributed by atoms with Gasteiger partial charge in [0.1, 0.15) is 17.0 Å². The van der Waals surface area contributed by atoms with Gasteiger partial charge in [-0.15, -0.1) is 11.3 Å². The Morgan fingerprint density at radius 2 is 2.08 bits per heavy atom. The number of hydrogen-bond acceptors (Lipinski definition) is 7. The van der Waals surface area contributed by atoms with Gasteiger partial charge in [-0.3, -0.25) is 4.79 Å². The summed E-state index contributed by atoms with van der Waals surface area (Å²) in [5, 5.41) is 5.19. The number of rotatable bonds is 5. The van der Waals surface area contributed by atoms with E-state index >= 15 is 0 Å². The molecular weight excluding hydrogens is 342 g/mol. The number of carbonyl (C=O) groups excluding carboxylic acids is 1. The van der Waals surface area contributed by atoms with Crippen molar-refractivity contribution < 1.29 is 19.0 Å². The first-order valence-corrected chi connectivity index (χ1v) is 8.80. The number of thiazole rings is 1. The number of hydrogen-bond donors (Lipinski definition) is 2. The summed E-state index contributed by atoms with van der Waals surface area (Å²) in [5.74, 6) is 1.16. The number of anilines is 1. The summed E-state index contributed by atoms with van der Waals surface area (Å²) in [4.78, 5) is 17.0. The van der Waals surface area contributed by atoms with Gasteiger partial charge in [0.25, 0.3) is 0 Å². The number of benzene rings is 1. The van der Waals surface area contributed by atoms with Crippen molar-refractivity contribution in [1.29, 1.82) is 0 Å². The van der Waals surface area contributed by atoms with E-state index < -0.39 is 5.54 Å². The van der Waals surface area contributed by atoms with Crippen LogP contribution in [0.15, 0.2) is 23.6 Å². The number of nitrogens with two attached hydrogens (primary N) is 1. The van der Waals surface area contributed by atoms with Crippen molar-refractivity contribution in [2.45, 2.75) is 18.4 Å². The highest BCUT2D eigenvalue weighted by Crippen LogP contribution is 2.35. The Labute approximate surface area is 150 Å². The minimum Gasteiger partial charge on any atom is -0.497 e. The Morgan fingerprint density at radius 1 is 1.32 bits per heavy atom. The van der Waals surface area contributed by atoms with E-state index in [-0.39, 0.29) is 5.91 Å². The zero-order chi connectivity index (χ0) is 17.9. The Balaban J connectivity index is 1.80. The second kappa shape index (κ2) is 7.38. The number of methoxy groups -OCH3 is 2. The number of amides is 1. The van der Waals surface area contributed by atoms with Crippen molar-refractivity contribution in [3.63, 3.8) is 0 Å². The van der Waals surface area contributed by atoms with Gasteiger partial charge in [-0.2, -0.15) is 0 Å². The highest BCUT2D eigenvalue weighted by molar-refractivity contribution is 7.14. The number of nitrogens with one attached hydrogen (secondary N) is 1. The zero-order valence-corrected chi connectivity index (χ0v) is 15.0. The molecule has 0 spiro atoms. The Hall–Kier alpha value is -2.16. The molecule has 1 fully saturated rings. The molecule has 0 aliphatic carbocycles. The van der Waals surface area contributed by atoms with Crippen LogP contribution in [-0.4, -0.2) is 43.9 Å². The number of carbonyl (C=O) groups is 1. The second-order valence-electron chi connectivity index (χ2n) is 5.83. The van der Waals surface area contributed by atoms with Crippen molar-refractivity contribution >= 4 is 22.4 Å². The topological polar surface area (TPSA) is 95.7 Å². The first-order chi connectivity index (χ1) is 12.1. The molecule has 134 valence electrons. The number of ether oxygens (including phenoxy) is 3. The normalized spacial score (nSPS) is 16.3. The van der Waals surface area contributed by atoms with Crippen LogP contribution in [0.5, 0.6) is 11.5 Å². The van der Waals surface area contributed by atoms with Crippen molar-refractivity contribution in [1.82, 2.24) is 4.98 Å². The Kier molecular flexibility index (Phi) is 5.22. The fourth-order valence-corrected chi connectivity index (χ4v) is 3.36. The van der Waals surface area contributed by atoms with Crippen LogP contribution >= 0.6 is 11.3 Å². The molecule has 3 N–H and O–H groups in total. The lowest BCUT2D eigenvalue weighted by atomic mass is 9.90. The van der Waals surface area contributed by atoms with Crippen LogP contribution in [0, 0.1) is 0 Å². The second-order valence-corrected chi connectivity index (χ2v) is 6.68. The molecule has 2 heterocycles. The van der Waals surface area contributed by atoms with E-state index in [1.54, 1.807) is 14.2 Å². The summed E-state index contributed by atoms with van der Waals surface area (Å²) in [7, 11) is 3.20. The minimum absolute atomic E-state index is 0.227. The molecular formula is C17H21N3O4S. The predicted molar refractivity (Wildman–Crippen MR) is 96.3 cm³/mol. The summed E-state index contributed by atoms with van der Waals surface area (Å²) in [6, 6.07) is 5.49. The van der Waals surface area contributed by atoms with Gasteiger partial charge in [0.05, 0.1) is 19.9 Å². The Morgan fingerprint density at radius 3 is 2.76 bits per heavy atom. The number of nitrogens with zero attached hydrogens (tertiary/aromatic N) is 1. The van der Waals surface area contributed by atoms with Crippen LogP contribution in [-0.2, 0) is 9.53 Å². The lowest BCUT2D eigenvalue weighted by Crippen LogP contribution is -2.54. The number of aromatic nitrogens is 1. The summed E-state index contributed by atoms with van der Waals surface area (Å²) in [5.41, 5.74) is 6.80. The average molecular weight is 363 g/mol. The smallest absolute Gasteiger partial charge is 0.246 e. The van der Waals surface area contributed by atoms with Gasteiger partial charge in [-0.1, -0.05) is 0 Å². The third kappa shape index (κ3) is 3.76.